The third-order valence-corrected chi connectivity index (χ3v) is 2.69. The molecular weight excluding hydrogens is 244 g/mol. The van der Waals surface area contributed by atoms with Crippen molar-refractivity contribution in [1.82, 2.24) is 0 Å². The van der Waals surface area contributed by atoms with Crippen molar-refractivity contribution in [3.63, 3.8) is 0 Å². The molecule has 1 atom stereocenters. The van der Waals surface area contributed by atoms with Crippen molar-refractivity contribution in [2.75, 3.05) is 0 Å². The first-order valence-corrected chi connectivity index (χ1v) is 5.79. The number of hydrogen-bond acceptors (Lipinski definition) is 4. The minimum absolute atomic E-state index is 0.0858. The van der Waals surface area contributed by atoms with Crippen molar-refractivity contribution in [2.45, 2.75) is 6.92 Å². The van der Waals surface area contributed by atoms with E-state index < -0.39 is 23.5 Å². The van der Waals surface area contributed by atoms with E-state index in [0.717, 1.165) is 5.56 Å². The maximum atomic E-state index is 11.7. The number of esters is 1. The van der Waals surface area contributed by atoms with E-state index in [-0.39, 0.29) is 5.76 Å². The Kier molecular flexibility index (Phi) is 3.71. The van der Waals surface area contributed by atoms with Gasteiger partial charge in [0.25, 0.3) is 0 Å². The molecule has 1 aliphatic rings. The van der Waals surface area contributed by atoms with Gasteiger partial charge in [0.15, 0.2) is 17.5 Å². The van der Waals surface area contributed by atoms with E-state index >= 15 is 0 Å². The highest BCUT2D eigenvalue weighted by Gasteiger charge is 2.42. The summed E-state index contributed by atoms with van der Waals surface area (Å²) in [6, 6.07) is 9.47. The van der Waals surface area contributed by atoms with Crippen LogP contribution < -0.4 is 0 Å². The molecule has 1 aromatic rings. The third-order valence-electron chi connectivity index (χ3n) is 2.69. The second-order valence-corrected chi connectivity index (χ2v) is 4.13. The molecule has 0 amide bonds. The smallest absolute Gasteiger partial charge is 0.330 e. The predicted octanol–water partition coefficient (Wildman–Crippen LogP) is 1.91. The molecule has 2 rings (SSSR count). The Hall–Kier alpha value is -2.49. The van der Waals surface area contributed by atoms with Gasteiger partial charge in [0.2, 0.25) is 5.78 Å². The molecule has 0 bridgehead atoms. The highest BCUT2D eigenvalue weighted by atomic mass is 16.6. The number of hydrogen-bond donors (Lipinski definition) is 0. The molecule has 1 aliphatic heterocycles. The first kappa shape index (κ1) is 13.0. The molecule has 0 N–H and O–H groups in total. The lowest BCUT2D eigenvalue weighted by molar-refractivity contribution is -0.143. The Bertz CT molecular complexity index is 581. The fourth-order valence-electron chi connectivity index (χ4n) is 1.74. The molecule has 1 heterocycles. The van der Waals surface area contributed by atoms with Crippen molar-refractivity contribution in [1.29, 1.82) is 0 Å². The summed E-state index contributed by atoms with van der Waals surface area (Å²) < 4.78 is 4.79. The zero-order chi connectivity index (χ0) is 13.8. The summed E-state index contributed by atoms with van der Waals surface area (Å²) in [7, 11) is 0. The van der Waals surface area contributed by atoms with Crippen molar-refractivity contribution in [2.24, 2.45) is 5.92 Å². The monoisotopic (exact) mass is 256 g/mol. The summed E-state index contributed by atoms with van der Waals surface area (Å²) in [5.41, 5.74) is 0.958. The van der Waals surface area contributed by atoms with Crippen LogP contribution in [0.25, 0.3) is 6.08 Å². The van der Waals surface area contributed by atoms with E-state index in [1.807, 2.05) is 30.3 Å². The van der Waals surface area contributed by atoms with E-state index in [4.69, 9.17) is 4.74 Å². The number of carbonyl (C=O) groups is 3. The molecule has 1 fully saturated rings. The van der Waals surface area contributed by atoms with Crippen LogP contribution in [0.4, 0.5) is 0 Å². The Labute approximate surface area is 110 Å². The number of allylic oxidation sites excluding steroid dienone is 3. The minimum atomic E-state index is -1.30. The minimum Gasteiger partial charge on any atom is -0.422 e. The fraction of sp³-hybridized carbons (Fsp3) is 0.133. The van der Waals surface area contributed by atoms with Gasteiger partial charge in [0, 0.05) is 0 Å². The number of ketones is 2. The summed E-state index contributed by atoms with van der Waals surface area (Å²) in [5.74, 6) is -3.24. The molecule has 0 spiro atoms. The molecule has 4 nitrogen and oxygen atoms in total. The number of rotatable bonds is 3. The molecule has 1 unspecified atom stereocenters. The van der Waals surface area contributed by atoms with Crippen LogP contribution in [-0.2, 0) is 19.1 Å². The van der Waals surface area contributed by atoms with E-state index in [9.17, 15) is 14.4 Å². The molecule has 96 valence electrons. The molecule has 0 aliphatic carbocycles. The molecule has 19 heavy (non-hydrogen) atoms. The lowest BCUT2D eigenvalue weighted by atomic mass is 10.0. The Morgan fingerprint density at radius 3 is 2.47 bits per heavy atom. The second-order valence-electron chi connectivity index (χ2n) is 4.13. The maximum Gasteiger partial charge on any atom is 0.330 e. The summed E-state index contributed by atoms with van der Waals surface area (Å²) >= 11 is 0. The molecule has 0 saturated carbocycles. The topological polar surface area (TPSA) is 60.4 Å². The van der Waals surface area contributed by atoms with Gasteiger partial charge in [-0.1, -0.05) is 42.5 Å². The molecule has 0 radical (unpaired) electrons. The highest BCUT2D eigenvalue weighted by Crippen LogP contribution is 2.21. The second kappa shape index (κ2) is 5.44. The molecule has 1 aromatic carbocycles. The van der Waals surface area contributed by atoms with Gasteiger partial charge in [-0.05, 0) is 18.6 Å². The van der Waals surface area contributed by atoms with Crippen LogP contribution in [-0.4, -0.2) is 17.5 Å². The van der Waals surface area contributed by atoms with Gasteiger partial charge >= 0.3 is 5.97 Å². The number of cyclic esters (lactones) is 1. The first-order valence-electron chi connectivity index (χ1n) is 5.79. The normalized spacial score (nSPS) is 21.1. The Morgan fingerprint density at radius 1 is 1.21 bits per heavy atom. The Morgan fingerprint density at radius 2 is 1.89 bits per heavy atom. The van der Waals surface area contributed by atoms with Gasteiger partial charge in [-0.25, -0.2) is 0 Å². The van der Waals surface area contributed by atoms with Crippen molar-refractivity contribution in [3.8, 4) is 0 Å². The Balaban J connectivity index is 2.13. The van der Waals surface area contributed by atoms with E-state index in [1.165, 1.54) is 13.0 Å². The van der Waals surface area contributed by atoms with Gasteiger partial charge in [-0.2, -0.15) is 0 Å². The highest BCUT2D eigenvalue weighted by molar-refractivity contribution is 6.25. The van der Waals surface area contributed by atoms with Crippen molar-refractivity contribution in [3.05, 3.63) is 53.8 Å². The average Bonchev–Trinajstić information content (AvgIpc) is 2.66. The van der Waals surface area contributed by atoms with Crippen LogP contribution in [0.5, 0.6) is 0 Å². The van der Waals surface area contributed by atoms with Crippen LogP contribution in [0.15, 0.2) is 48.2 Å². The lowest BCUT2D eigenvalue weighted by Crippen LogP contribution is -2.22. The zero-order valence-corrected chi connectivity index (χ0v) is 10.3. The lowest BCUT2D eigenvalue weighted by Gasteiger charge is -1.93. The molecule has 0 aromatic heterocycles. The van der Waals surface area contributed by atoms with Crippen LogP contribution in [0.2, 0.25) is 0 Å². The first-order chi connectivity index (χ1) is 9.09. The standard InChI is InChI=1S/C15H12O4/c1-10(16)13-14(17)12(19-15(13)18)9-5-8-11-6-3-2-4-7-11/h2-9,13H,1H3/b8-5+,12-9-. The molecular formula is C15H12O4. The summed E-state index contributed by atoms with van der Waals surface area (Å²) in [4.78, 5) is 34.2. The fourth-order valence-corrected chi connectivity index (χ4v) is 1.74. The third kappa shape index (κ3) is 2.85. The van der Waals surface area contributed by atoms with Gasteiger partial charge in [0.05, 0.1) is 0 Å². The summed E-state index contributed by atoms with van der Waals surface area (Å²) in [6.07, 6.45) is 4.78. The molecule has 1 saturated heterocycles. The quantitative estimate of drug-likeness (QED) is 0.471. The van der Waals surface area contributed by atoms with Crippen LogP contribution in [0.3, 0.4) is 0 Å². The number of ether oxygens (including phenoxy) is 1. The van der Waals surface area contributed by atoms with Gasteiger partial charge in [-0.3, -0.25) is 14.4 Å². The summed E-state index contributed by atoms with van der Waals surface area (Å²) in [5, 5.41) is 0. The predicted molar refractivity (Wildman–Crippen MR) is 68.8 cm³/mol. The van der Waals surface area contributed by atoms with E-state index in [1.54, 1.807) is 12.2 Å². The average molecular weight is 256 g/mol. The van der Waals surface area contributed by atoms with Crippen molar-refractivity contribution < 1.29 is 19.1 Å². The van der Waals surface area contributed by atoms with Crippen LogP contribution in [0, 0.1) is 5.92 Å². The zero-order valence-electron chi connectivity index (χ0n) is 10.3. The summed E-state index contributed by atoms with van der Waals surface area (Å²) in [6.45, 7) is 1.20. The SMILES string of the molecule is CC(=O)C1C(=O)O/C(=C\C=C\c2ccccc2)C1=O. The number of carbonyl (C=O) groups excluding carboxylic acids is 3. The van der Waals surface area contributed by atoms with Gasteiger partial charge < -0.3 is 4.74 Å². The number of benzene rings is 1. The van der Waals surface area contributed by atoms with Crippen LogP contribution >= 0.6 is 0 Å². The largest absolute Gasteiger partial charge is 0.422 e. The van der Waals surface area contributed by atoms with Crippen molar-refractivity contribution >= 4 is 23.6 Å². The van der Waals surface area contributed by atoms with Gasteiger partial charge in [-0.15, -0.1) is 0 Å². The van der Waals surface area contributed by atoms with Gasteiger partial charge in [0.1, 0.15) is 0 Å². The maximum absolute atomic E-state index is 11.7. The van der Waals surface area contributed by atoms with E-state index in [2.05, 4.69) is 0 Å². The number of Topliss-reactive ketones (excluding diaryl/α,β-unsaturated/α-hetero) is 2. The van der Waals surface area contributed by atoms with Crippen LogP contribution in [0.1, 0.15) is 12.5 Å². The molecule has 4 heteroatoms. The van der Waals surface area contributed by atoms with E-state index in [0.29, 0.717) is 0 Å².